The average molecular weight is 108 g/mol. The van der Waals surface area contributed by atoms with Gasteiger partial charge in [-0.25, -0.2) is 0 Å². The van der Waals surface area contributed by atoms with E-state index in [-0.39, 0.29) is 5.78 Å². The van der Waals surface area contributed by atoms with Gasteiger partial charge in [0.25, 0.3) is 0 Å². The molecular formula is C6H6NO+. The minimum Gasteiger partial charge on any atom is -0.290 e. The predicted octanol–water partition coefficient (Wildman–Crippen LogP) is -1.12. The highest BCUT2D eigenvalue weighted by Crippen LogP contribution is 1.88. The summed E-state index contributed by atoms with van der Waals surface area (Å²) in [5.74, 6) is -0.000741. The van der Waals surface area contributed by atoms with E-state index in [1.165, 1.54) is 12.2 Å². The maximum atomic E-state index is 10.4. The molecule has 2 nitrogen and oxygen atoms in total. The van der Waals surface area contributed by atoms with Crippen LogP contribution >= 0.6 is 0 Å². The van der Waals surface area contributed by atoms with Gasteiger partial charge in [0, 0.05) is 12.2 Å². The first-order valence-corrected chi connectivity index (χ1v) is 2.31. The molecule has 0 atom stereocenters. The molecule has 0 spiro atoms. The Balaban J connectivity index is 2.83. The van der Waals surface area contributed by atoms with E-state index in [1.54, 1.807) is 12.2 Å². The zero-order valence-corrected chi connectivity index (χ0v) is 4.29. The van der Waals surface area contributed by atoms with Crippen molar-refractivity contribution in [2.75, 3.05) is 0 Å². The van der Waals surface area contributed by atoms with Crippen molar-refractivity contribution < 1.29 is 10.2 Å². The molecule has 1 rings (SSSR count). The van der Waals surface area contributed by atoms with Crippen LogP contribution in [0.1, 0.15) is 0 Å². The van der Waals surface area contributed by atoms with E-state index in [2.05, 4.69) is 0 Å². The number of hydrogen-bond acceptors (Lipinski definition) is 1. The molecule has 40 valence electrons. The predicted molar refractivity (Wildman–Crippen MR) is 30.2 cm³/mol. The van der Waals surface area contributed by atoms with Crippen LogP contribution < -0.4 is 5.41 Å². The van der Waals surface area contributed by atoms with Crippen LogP contribution in [-0.4, -0.2) is 11.5 Å². The van der Waals surface area contributed by atoms with Crippen molar-refractivity contribution in [2.45, 2.75) is 0 Å². The summed E-state index contributed by atoms with van der Waals surface area (Å²) in [5.41, 5.74) is 0.629. The number of carbonyl (C=O) groups excluding carboxylic acids is 1. The maximum absolute atomic E-state index is 10.4. The Hall–Kier alpha value is -1.18. The quantitative estimate of drug-likeness (QED) is 0.392. The Labute approximate surface area is 47.0 Å². The number of nitrogens with two attached hydrogens (primary N) is 1. The van der Waals surface area contributed by atoms with Crippen LogP contribution in [0.5, 0.6) is 0 Å². The van der Waals surface area contributed by atoms with E-state index in [0.29, 0.717) is 5.71 Å². The second-order valence-corrected chi connectivity index (χ2v) is 1.57. The van der Waals surface area contributed by atoms with Gasteiger partial charge in [-0.15, -0.1) is 0 Å². The van der Waals surface area contributed by atoms with Gasteiger partial charge in [-0.1, -0.05) is 0 Å². The van der Waals surface area contributed by atoms with Gasteiger partial charge in [0.15, 0.2) is 11.5 Å². The van der Waals surface area contributed by atoms with Crippen molar-refractivity contribution in [1.82, 2.24) is 0 Å². The summed E-state index contributed by atoms with van der Waals surface area (Å²) in [5, 5.41) is 5.29. The SMILES string of the molecule is [NH2+]=C1C=CC(=O)C=C1. The van der Waals surface area contributed by atoms with Gasteiger partial charge < -0.3 is 0 Å². The highest BCUT2D eigenvalue weighted by Gasteiger charge is 1.99. The first-order chi connectivity index (χ1) is 3.79. The molecule has 0 saturated carbocycles. The molecule has 0 aromatic rings. The molecule has 0 unspecified atom stereocenters. The Bertz CT molecular complexity index is 151. The average Bonchev–Trinajstić information content (AvgIpc) is 1.77. The van der Waals surface area contributed by atoms with Gasteiger partial charge in [0.2, 0.25) is 0 Å². The van der Waals surface area contributed by atoms with Crippen LogP contribution in [0, 0.1) is 0 Å². The lowest BCUT2D eigenvalue weighted by Gasteiger charge is -1.86. The van der Waals surface area contributed by atoms with Crippen LogP contribution in [0.3, 0.4) is 0 Å². The summed E-state index contributed by atoms with van der Waals surface area (Å²) in [4.78, 5) is 10.4. The number of allylic oxidation sites excluding steroid dienone is 4. The highest BCUT2D eigenvalue weighted by molar-refractivity contribution is 6.14. The Morgan fingerprint density at radius 3 is 2.00 bits per heavy atom. The first-order valence-electron chi connectivity index (χ1n) is 2.31. The van der Waals surface area contributed by atoms with Gasteiger partial charge in [-0.2, -0.15) is 0 Å². The number of hydrogen-bond donors (Lipinski definition) is 1. The van der Waals surface area contributed by atoms with Gasteiger partial charge in [0.05, 0.1) is 0 Å². The van der Waals surface area contributed by atoms with E-state index in [1.807, 2.05) is 0 Å². The molecule has 2 N–H and O–H groups in total. The number of carbonyl (C=O) groups is 1. The summed E-state index contributed by atoms with van der Waals surface area (Å²) in [6.07, 6.45) is 6.05. The van der Waals surface area contributed by atoms with Crippen LogP contribution in [0.2, 0.25) is 0 Å². The Morgan fingerprint density at radius 2 is 1.62 bits per heavy atom. The van der Waals surface area contributed by atoms with Crippen LogP contribution in [0.4, 0.5) is 0 Å². The van der Waals surface area contributed by atoms with Crippen LogP contribution in [0.25, 0.3) is 0 Å². The molecule has 1 aliphatic rings. The molecule has 0 radical (unpaired) electrons. The van der Waals surface area contributed by atoms with Gasteiger partial charge >= 0.3 is 0 Å². The standard InChI is InChI=1S/C6H5NO/c7-5-1-3-6(8)4-2-5/h1-4,7H/p+1. The summed E-state index contributed by atoms with van der Waals surface area (Å²) in [7, 11) is 0. The Kier molecular flexibility index (Phi) is 1.08. The fourth-order valence-corrected chi connectivity index (χ4v) is 0.468. The molecular weight excluding hydrogens is 102 g/mol. The van der Waals surface area contributed by atoms with Crippen molar-refractivity contribution in [2.24, 2.45) is 0 Å². The lowest BCUT2D eigenvalue weighted by atomic mass is 10.2. The molecule has 0 aromatic carbocycles. The molecule has 2 heteroatoms. The third-order valence-corrected chi connectivity index (χ3v) is 0.880. The monoisotopic (exact) mass is 108 g/mol. The molecule has 1 aliphatic carbocycles. The molecule has 0 fully saturated rings. The maximum Gasteiger partial charge on any atom is 0.196 e. The van der Waals surface area contributed by atoms with Gasteiger partial charge in [-0.05, 0) is 12.2 Å². The van der Waals surface area contributed by atoms with Gasteiger partial charge in [-0.3, -0.25) is 10.2 Å². The third-order valence-electron chi connectivity index (χ3n) is 0.880. The minimum absolute atomic E-state index is 0.000741. The molecule has 0 bridgehead atoms. The first kappa shape index (κ1) is 4.97. The van der Waals surface area contributed by atoms with Crippen molar-refractivity contribution in [3.05, 3.63) is 24.3 Å². The Morgan fingerprint density at radius 1 is 1.12 bits per heavy atom. The van der Waals surface area contributed by atoms with Crippen molar-refractivity contribution >= 4 is 11.5 Å². The van der Waals surface area contributed by atoms with Crippen molar-refractivity contribution in [3.63, 3.8) is 0 Å². The van der Waals surface area contributed by atoms with Crippen molar-refractivity contribution in [1.29, 1.82) is 0 Å². The second kappa shape index (κ2) is 1.74. The molecule has 0 saturated heterocycles. The summed E-state index contributed by atoms with van der Waals surface area (Å²) < 4.78 is 0. The van der Waals surface area contributed by atoms with E-state index in [4.69, 9.17) is 5.41 Å². The van der Waals surface area contributed by atoms with Crippen LogP contribution in [-0.2, 0) is 4.79 Å². The zero-order valence-electron chi connectivity index (χ0n) is 4.29. The smallest absolute Gasteiger partial charge is 0.196 e. The largest absolute Gasteiger partial charge is 0.290 e. The van der Waals surface area contributed by atoms with E-state index >= 15 is 0 Å². The van der Waals surface area contributed by atoms with Gasteiger partial charge in [0.1, 0.15) is 0 Å². The number of ketones is 1. The molecule has 0 aliphatic heterocycles. The second-order valence-electron chi connectivity index (χ2n) is 1.57. The van der Waals surface area contributed by atoms with E-state index in [0.717, 1.165) is 0 Å². The molecule has 8 heavy (non-hydrogen) atoms. The molecule has 0 heterocycles. The normalized spacial score (nSPS) is 17.5. The zero-order chi connectivity index (χ0) is 5.98. The molecule has 0 aromatic heterocycles. The summed E-state index contributed by atoms with van der Waals surface area (Å²) in [6, 6.07) is 0. The summed E-state index contributed by atoms with van der Waals surface area (Å²) >= 11 is 0. The van der Waals surface area contributed by atoms with E-state index < -0.39 is 0 Å². The summed E-state index contributed by atoms with van der Waals surface area (Å²) in [6.45, 7) is 0. The minimum atomic E-state index is -0.000741. The molecule has 0 amide bonds. The number of rotatable bonds is 0. The topological polar surface area (TPSA) is 42.7 Å². The highest BCUT2D eigenvalue weighted by atomic mass is 16.1. The lowest BCUT2D eigenvalue weighted by molar-refractivity contribution is -0.113. The van der Waals surface area contributed by atoms with Crippen molar-refractivity contribution in [3.8, 4) is 0 Å². The van der Waals surface area contributed by atoms with E-state index in [9.17, 15) is 4.79 Å². The van der Waals surface area contributed by atoms with Crippen LogP contribution in [0.15, 0.2) is 24.3 Å². The lowest BCUT2D eigenvalue weighted by Crippen LogP contribution is -2.37. The fraction of sp³-hybridized carbons (Fsp3) is 0. The fourth-order valence-electron chi connectivity index (χ4n) is 0.468. The third kappa shape index (κ3) is 0.904.